The highest BCUT2D eigenvalue weighted by Gasteiger charge is 2.55. The lowest BCUT2D eigenvalue weighted by Gasteiger charge is -2.24. The summed E-state index contributed by atoms with van der Waals surface area (Å²) >= 11 is 0. The van der Waals surface area contributed by atoms with Crippen LogP contribution in [-0.2, 0) is 14.3 Å². The van der Waals surface area contributed by atoms with Gasteiger partial charge in [0, 0.05) is 12.5 Å². The van der Waals surface area contributed by atoms with E-state index in [1.807, 2.05) is 36.4 Å². The molecule has 2 aromatic carbocycles. The molecule has 0 radical (unpaired) electrons. The van der Waals surface area contributed by atoms with Gasteiger partial charge in [-0.05, 0) is 30.4 Å². The lowest BCUT2D eigenvalue weighted by Crippen LogP contribution is -2.44. The third-order valence-corrected chi connectivity index (χ3v) is 6.00. The number of amides is 1. The van der Waals surface area contributed by atoms with E-state index >= 15 is 0 Å². The number of carbonyl (C=O) groups is 2. The van der Waals surface area contributed by atoms with Gasteiger partial charge in [0.25, 0.3) is 0 Å². The Morgan fingerprint density at radius 2 is 1.46 bits per heavy atom. The topological polar surface area (TPSA) is 75.6 Å². The molecule has 0 aliphatic carbocycles. The van der Waals surface area contributed by atoms with Gasteiger partial charge in [-0.15, -0.1) is 0 Å². The van der Waals surface area contributed by atoms with Gasteiger partial charge in [-0.2, -0.15) is 0 Å². The van der Waals surface area contributed by atoms with Crippen molar-refractivity contribution in [2.24, 2.45) is 11.8 Å². The Balaban J connectivity index is 1.42. The second kappa shape index (κ2) is 8.15. The van der Waals surface area contributed by atoms with Crippen LogP contribution in [0.15, 0.2) is 60.7 Å². The molecule has 5 nitrogen and oxygen atoms in total. The first-order valence-electron chi connectivity index (χ1n) is 9.91. The molecular formula is C23H25NO4. The minimum absolute atomic E-state index is 0.175. The molecular weight excluding hydrogens is 354 g/mol. The molecule has 1 amide bonds. The molecule has 0 spiro atoms. The van der Waals surface area contributed by atoms with Crippen LogP contribution in [-0.4, -0.2) is 35.7 Å². The van der Waals surface area contributed by atoms with E-state index in [4.69, 9.17) is 4.74 Å². The van der Waals surface area contributed by atoms with Crippen LogP contribution < -0.4 is 5.32 Å². The number of nitrogens with one attached hydrogen (secondary N) is 1. The number of benzene rings is 2. The Kier molecular flexibility index (Phi) is 5.44. The maximum atomic E-state index is 12.8. The van der Waals surface area contributed by atoms with E-state index in [1.165, 1.54) is 11.1 Å². The monoisotopic (exact) mass is 379 g/mol. The Hall–Kier alpha value is -2.66. The molecule has 5 heteroatoms. The van der Waals surface area contributed by atoms with Crippen LogP contribution in [0.25, 0.3) is 0 Å². The molecule has 2 fully saturated rings. The molecule has 2 saturated heterocycles. The molecule has 146 valence electrons. The fourth-order valence-corrected chi connectivity index (χ4v) is 4.68. The maximum absolute atomic E-state index is 12.8. The Labute approximate surface area is 164 Å². The molecule has 0 unspecified atom stereocenters. The highest BCUT2D eigenvalue weighted by molar-refractivity contribution is 5.86. The highest BCUT2D eigenvalue weighted by atomic mass is 16.5. The standard InChI is InChI=1S/C23H25NO4/c25-22(20-18-11-12-19(28-18)21(20)23(26)27)24-14-13-17(15-7-3-1-4-8-15)16-9-5-2-6-10-16/h1-10,17-21H,11-14H2,(H,24,25)(H,26,27)/t18-,19+,20+,21-/m0/s1. The summed E-state index contributed by atoms with van der Waals surface area (Å²) in [4.78, 5) is 24.3. The summed E-state index contributed by atoms with van der Waals surface area (Å²) in [6, 6.07) is 20.5. The van der Waals surface area contributed by atoms with Gasteiger partial charge in [-0.25, -0.2) is 0 Å². The maximum Gasteiger partial charge on any atom is 0.310 e. The Bertz CT molecular complexity index is 784. The molecule has 2 aliphatic rings. The van der Waals surface area contributed by atoms with Gasteiger partial charge in [-0.1, -0.05) is 60.7 Å². The van der Waals surface area contributed by atoms with Crippen LogP contribution in [0.5, 0.6) is 0 Å². The third-order valence-electron chi connectivity index (χ3n) is 6.00. The van der Waals surface area contributed by atoms with Gasteiger partial charge < -0.3 is 15.2 Å². The zero-order chi connectivity index (χ0) is 19.5. The fraction of sp³-hybridized carbons (Fsp3) is 0.391. The van der Waals surface area contributed by atoms with Crippen molar-refractivity contribution in [1.82, 2.24) is 5.32 Å². The first-order valence-corrected chi connectivity index (χ1v) is 9.91. The van der Waals surface area contributed by atoms with Gasteiger partial charge in [0.2, 0.25) is 5.91 Å². The van der Waals surface area contributed by atoms with E-state index in [0.29, 0.717) is 6.54 Å². The van der Waals surface area contributed by atoms with Crippen LogP contribution >= 0.6 is 0 Å². The quantitative estimate of drug-likeness (QED) is 0.775. The largest absolute Gasteiger partial charge is 0.481 e. The summed E-state index contributed by atoms with van der Waals surface area (Å²) in [6.07, 6.45) is 1.67. The minimum Gasteiger partial charge on any atom is -0.481 e. The van der Waals surface area contributed by atoms with Crippen molar-refractivity contribution in [3.63, 3.8) is 0 Å². The van der Waals surface area contributed by atoms with Crippen LogP contribution in [0.4, 0.5) is 0 Å². The minimum atomic E-state index is -0.932. The summed E-state index contributed by atoms with van der Waals surface area (Å²) in [5, 5.41) is 12.5. The SMILES string of the molecule is O=C(O)[C@@H]1[C@H](C(=O)NCCC(c2ccccc2)c2ccccc2)[C@@H]2CC[C@H]1O2. The average Bonchev–Trinajstić information content (AvgIpc) is 3.34. The van der Waals surface area contributed by atoms with Crippen molar-refractivity contribution in [1.29, 1.82) is 0 Å². The summed E-state index contributed by atoms with van der Waals surface area (Å²) < 4.78 is 5.70. The van der Waals surface area contributed by atoms with Crippen molar-refractivity contribution in [3.8, 4) is 0 Å². The molecule has 28 heavy (non-hydrogen) atoms. The van der Waals surface area contributed by atoms with Crippen LogP contribution in [0.2, 0.25) is 0 Å². The number of carboxylic acids is 1. The third kappa shape index (κ3) is 3.67. The number of aliphatic carboxylic acids is 1. The van der Waals surface area contributed by atoms with Crippen molar-refractivity contribution < 1.29 is 19.4 Å². The highest BCUT2D eigenvalue weighted by Crippen LogP contribution is 2.43. The number of hydrogen-bond donors (Lipinski definition) is 2. The first-order chi connectivity index (χ1) is 13.6. The number of ether oxygens (including phenoxy) is 1. The summed E-state index contributed by atoms with van der Waals surface area (Å²) in [6.45, 7) is 0.494. The van der Waals surface area contributed by atoms with E-state index in [0.717, 1.165) is 19.3 Å². The normalized spacial score (nSPS) is 25.8. The van der Waals surface area contributed by atoms with Crippen molar-refractivity contribution in [2.45, 2.75) is 37.4 Å². The lowest BCUT2D eigenvalue weighted by molar-refractivity contribution is -0.147. The van der Waals surface area contributed by atoms with Crippen molar-refractivity contribution in [2.75, 3.05) is 6.54 Å². The zero-order valence-electron chi connectivity index (χ0n) is 15.7. The predicted molar refractivity (Wildman–Crippen MR) is 105 cm³/mol. The van der Waals surface area contributed by atoms with E-state index in [2.05, 4.69) is 29.6 Å². The molecule has 4 atom stereocenters. The molecule has 2 bridgehead atoms. The summed E-state index contributed by atoms with van der Waals surface area (Å²) in [5.74, 6) is -2.26. The Morgan fingerprint density at radius 1 is 0.929 bits per heavy atom. The van der Waals surface area contributed by atoms with Crippen LogP contribution in [0, 0.1) is 11.8 Å². The number of hydrogen-bond acceptors (Lipinski definition) is 3. The molecule has 0 saturated carbocycles. The van der Waals surface area contributed by atoms with Crippen LogP contribution in [0.1, 0.15) is 36.3 Å². The second-order valence-corrected chi connectivity index (χ2v) is 7.63. The number of carboxylic acid groups (broad SMARTS) is 1. The smallest absolute Gasteiger partial charge is 0.310 e. The second-order valence-electron chi connectivity index (χ2n) is 7.63. The first kappa shape index (κ1) is 18.7. The zero-order valence-corrected chi connectivity index (χ0v) is 15.7. The molecule has 2 aromatic rings. The molecule has 2 aliphatic heterocycles. The van der Waals surface area contributed by atoms with Gasteiger partial charge in [0.05, 0.1) is 24.0 Å². The number of rotatable bonds is 7. The van der Waals surface area contributed by atoms with Gasteiger partial charge in [-0.3, -0.25) is 9.59 Å². The molecule has 4 rings (SSSR count). The van der Waals surface area contributed by atoms with Gasteiger partial charge in [0.15, 0.2) is 0 Å². The molecule has 2 N–H and O–H groups in total. The number of fused-ring (bicyclic) bond motifs is 2. The average molecular weight is 379 g/mol. The molecule has 0 aromatic heterocycles. The van der Waals surface area contributed by atoms with E-state index in [1.54, 1.807) is 0 Å². The Morgan fingerprint density at radius 3 is 2.00 bits per heavy atom. The van der Waals surface area contributed by atoms with Crippen molar-refractivity contribution >= 4 is 11.9 Å². The van der Waals surface area contributed by atoms with E-state index in [9.17, 15) is 14.7 Å². The van der Waals surface area contributed by atoms with Gasteiger partial charge in [0.1, 0.15) is 0 Å². The lowest BCUT2D eigenvalue weighted by atomic mass is 9.78. The van der Waals surface area contributed by atoms with E-state index < -0.39 is 17.8 Å². The van der Waals surface area contributed by atoms with Crippen LogP contribution in [0.3, 0.4) is 0 Å². The number of carbonyl (C=O) groups excluding carboxylic acids is 1. The van der Waals surface area contributed by atoms with Gasteiger partial charge >= 0.3 is 5.97 Å². The predicted octanol–water partition coefficient (Wildman–Crippen LogP) is 3.20. The van der Waals surface area contributed by atoms with E-state index in [-0.39, 0.29) is 24.0 Å². The fourth-order valence-electron chi connectivity index (χ4n) is 4.68. The summed E-state index contributed by atoms with van der Waals surface area (Å²) in [5.41, 5.74) is 2.41. The summed E-state index contributed by atoms with van der Waals surface area (Å²) in [7, 11) is 0. The molecule has 2 heterocycles. The van der Waals surface area contributed by atoms with Crippen molar-refractivity contribution in [3.05, 3.63) is 71.8 Å².